The van der Waals surface area contributed by atoms with E-state index in [0.29, 0.717) is 17.5 Å². The van der Waals surface area contributed by atoms with Gasteiger partial charge in [-0.1, -0.05) is 6.07 Å². The minimum absolute atomic E-state index is 0.0921. The third-order valence-corrected chi connectivity index (χ3v) is 5.22. The summed E-state index contributed by atoms with van der Waals surface area (Å²) in [5.74, 6) is 1.29. The number of thiazole rings is 1. The van der Waals surface area contributed by atoms with Crippen LogP contribution in [0.4, 0.5) is 0 Å². The van der Waals surface area contributed by atoms with E-state index in [4.69, 9.17) is 0 Å². The number of amides is 1. The number of carbonyl (C=O) groups is 1. The minimum atomic E-state index is 0.0921. The lowest BCUT2D eigenvalue weighted by Crippen LogP contribution is -2.33. The molecule has 0 saturated carbocycles. The Labute approximate surface area is 133 Å². The first-order valence-electron chi connectivity index (χ1n) is 7.58. The Hall–Kier alpha value is -1.79. The molecule has 2 aromatic rings. The molecule has 0 spiro atoms. The van der Waals surface area contributed by atoms with Crippen LogP contribution >= 0.6 is 11.3 Å². The van der Waals surface area contributed by atoms with Crippen molar-refractivity contribution in [2.24, 2.45) is 11.8 Å². The molecule has 4 heterocycles. The summed E-state index contributed by atoms with van der Waals surface area (Å²) in [7, 11) is 0. The van der Waals surface area contributed by atoms with Crippen molar-refractivity contribution in [3.8, 4) is 0 Å². The molecule has 0 bridgehead atoms. The van der Waals surface area contributed by atoms with Crippen LogP contribution in [0.15, 0.2) is 35.4 Å². The Bertz CT molecular complexity index is 631. The van der Waals surface area contributed by atoms with Crippen molar-refractivity contribution in [2.45, 2.75) is 6.54 Å². The van der Waals surface area contributed by atoms with Crippen molar-refractivity contribution in [1.29, 1.82) is 0 Å². The van der Waals surface area contributed by atoms with Crippen LogP contribution in [0, 0.1) is 11.8 Å². The fourth-order valence-corrected chi connectivity index (χ4v) is 4.14. The van der Waals surface area contributed by atoms with Crippen molar-refractivity contribution < 1.29 is 4.79 Å². The average Bonchev–Trinajstić information content (AvgIpc) is 3.23. The summed E-state index contributed by atoms with van der Waals surface area (Å²) >= 11 is 1.48. The van der Waals surface area contributed by atoms with Crippen LogP contribution in [0.25, 0.3) is 0 Å². The lowest BCUT2D eigenvalue weighted by Gasteiger charge is -2.21. The molecule has 2 atom stereocenters. The largest absolute Gasteiger partial charge is 0.337 e. The number of nitrogens with zero attached hydrogens (tertiary/aromatic N) is 4. The standard InChI is InChI=1S/C16H18N4OS/c21-16(15-10-22-11-18-15)20-8-13-6-19(7-14(13)9-20)5-12-2-1-3-17-4-12/h1-4,10-11,13-14H,5-9H2/t13-,14+. The van der Waals surface area contributed by atoms with Gasteiger partial charge in [0.15, 0.2) is 0 Å². The highest BCUT2D eigenvalue weighted by Crippen LogP contribution is 2.32. The maximum Gasteiger partial charge on any atom is 0.273 e. The summed E-state index contributed by atoms with van der Waals surface area (Å²) in [5, 5.41) is 1.84. The first kappa shape index (κ1) is 13.8. The Morgan fingerprint density at radius 1 is 1.27 bits per heavy atom. The average molecular weight is 314 g/mol. The van der Waals surface area contributed by atoms with E-state index in [0.717, 1.165) is 32.7 Å². The van der Waals surface area contributed by atoms with E-state index in [-0.39, 0.29) is 5.91 Å². The van der Waals surface area contributed by atoms with Crippen LogP contribution in [0.5, 0.6) is 0 Å². The molecular formula is C16H18N4OS. The fraction of sp³-hybridized carbons (Fsp3) is 0.438. The molecule has 2 aliphatic rings. The lowest BCUT2D eigenvalue weighted by atomic mass is 10.0. The Balaban J connectivity index is 1.36. The van der Waals surface area contributed by atoms with Crippen molar-refractivity contribution in [3.63, 3.8) is 0 Å². The molecule has 4 rings (SSSR count). The maximum atomic E-state index is 12.4. The number of rotatable bonds is 3. The number of hydrogen-bond donors (Lipinski definition) is 0. The van der Waals surface area contributed by atoms with Crippen molar-refractivity contribution in [3.05, 3.63) is 46.7 Å². The van der Waals surface area contributed by atoms with E-state index in [1.54, 1.807) is 5.51 Å². The molecular weight excluding hydrogens is 296 g/mol. The summed E-state index contributed by atoms with van der Waals surface area (Å²) in [6, 6.07) is 4.11. The first-order chi connectivity index (χ1) is 10.8. The van der Waals surface area contributed by atoms with E-state index < -0.39 is 0 Å². The highest BCUT2D eigenvalue weighted by atomic mass is 32.1. The number of likely N-dealkylation sites (tertiary alicyclic amines) is 2. The van der Waals surface area contributed by atoms with Gasteiger partial charge >= 0.3 is 0 Å². The molecule has 6 heteroatoms. The Morgan fingerprint density at radius 2 is 2.09 bits per heavy atom. The molecule has 114 valence electrons. The van der Waals surface area contributed by atoms with Crippen molar-refractivity contribution in [2.75, 3.05) is 26.2 Å². The van der Waals surface area contributed by atoms with E-state index in [1.165, 1.54) is 16.9 Å². The molecule has 2 aliphatic heterocycles. The van der Waals surface area contributed by atoms with Gasteiger partial charge in [-0.05, 0) is 23.5 Å². The van der Waals surface area contributed by atoms with Gasteiger partial charge in [-0.3, -0.25) is 14.7 Å². The zero-order valence-electron chi connectivity index (χ0n) is 12.3. The predicted octanol–water partition coefficient (Wildman–Crippen LogP) is 1.74. The predicted molar refractivity (Wildman–Crippen MR) is 84.5 cm³/mol. The topological polar surface area (TPSA) is 49.3 Å². The van der Waals surface area contributed by atoms with Crippen molar-refractivity contribution in [1.82, 2.24) is 19.8 Å². The fourth-order valence-electron chi connectivity index (χ4n) is 3.62. The lowest BCUT2D eigenvalue weighted by molar-refractivity contribution is 0.0768. The highest BCUT2D eigenvalue weighted by Gasteiger charge is 2.41. The second-order valence-corrected chi connectivity index (χ2v) is 6.88. The normalized spacial score (nSPS) is 24.6. The zero-order chi connectivity index (χ0) is 14.9. The van der Waals surface area contributed by atoms with E-state index >= 15 is 0 Å². The molecule has 0 aromatic carbocycles. The number of aromatic nitrogens is 2. The maximum absolute atomic E-state index is 12.4. The smallest absolute Gasteiger partial charge is 0.273 e. The number of fused-ring (bicyclic) bond motifs is 1. The monoisotopic (exact) mass is 314 g/mol. The summed E-state index contributed by atoms with van der Waals surface area (Å²) in [4.78, 5) is 25.1. The van der Waals surface area contributed by atoms with E-state index in [1.807, 2.05) is 28.7 Å². The van der Waals surface area contributed by atoms with Crippen LogP contribution in [0.1, 0.15) is 16.1 Å². The molecule has 1 amide bonds. The summed E-state index contributed by atoms with van der Waals surface area (Å²) in [6.07, 6.45) is 3.75. The van der Waals surface area contributed by atoms with Gasteiger partial charge in [0.2, 0.25) is 0 Å². The van der Waals surface area contributed by atoms with Gasteiger partial charge < -0.3 is 4.90 Å². The van der Waals surface area contributed by atoms with E-state index in [2.05, 4.69) is 20.9 Å². The Morgan fingerprint density at radius 3 is 2.73 bits per heavy atom. The molecule has 2 aromatic heterocycles. The first-order valence-corrected chi connectivity index (χ1v) is 8.52. The van der Waals surface area contributed by atoms with Gasteiger partial charge in [0.25, 0.3) is 5.91 Å². The van der Waals surface area contributed by atoms with Crippen LogP contribution in [0.3, 0.4) is 0 Å². The number of hydrogen-bond acceptors (Lipinski definition) is 5. The van der Waals surface area contributed by atoms with Crippen LogP contribution in [-0.2, 0) is 6.54 Å². The molecule has 5 nitrogen and oxygen atoms in total. The summed E-state index contributed by atoms with van der Waals surface area (Å²) in [5.41, 5.74) is 3.58. The summed E-state index contributed by atoms with van der Waals surface area (Å²) < 4.78 is 0. The molecule has 2 saturated heterocycles. The number of carbonyl (C=O) groups excluding carboxylic acids is 1. The molecule has 0 radical (unpaired) electrons. The quantitative estimate of drug-likeness (QED) is 0.866. The number of pyridine rings is 1. The van der Waals surface area contributed by atoms with Crippen molar-refractivity contribution >= 4 is 17.2 Å². The Kier molecular flexibility index (Phi) is 3.63. The van der Waals surface area contributed by atoms with Crippen LogP contribution in [-0.4, -0.2) is 51.9 Å². The van der Waals surface area contributed by atoms with Crippen LogP contribution in [0.2, 0.25) is 0 Å². The molecule has 0 aliphatic carbocycles. The zero-order valence-corrected chi connectivity index (χ0v) is 13.1. The van der Waals surface area contributed by atoms with Gasteiger partial charge in [0.1, 0.15) is 5.69 Å². The molecule has 2 fully saturated rings. The van der Waals surface area contributed by atoms with Gasteiger partial charge in [0, 0.05) is 50.5 Å². The highest BCUT2D eigenvalue weighted by molar-refractivity contribution is 7.07. The second kappa shape index (κ2) is 5.78. The second-order valence-electron chi connectivity index (χ2n) is 6.16. The molecule has 0 unspecified atom stereocenters. The van der Waals surface area contributed by atoms with Gasteiger partial charge in [-0.25, -0.2) is 4.98 Å². The SMILES string of the molecule is O=C(c1cscn1)N1C[C@H]2CN(Cc3cccnc3)C[C@H]2C1. The van der Waals surface area contributed by atoms with Crippen LogP contribution < -0.4 is 0 Å². The summed E-state index contributed by atoms with van der Waals surface area (Å²) in [6.45, 7) is 4.83. The van der Waals surface area contributed by atoms with Gasteiger partial charge in [0.05, 0.1) is 5.51 Å². The van der Waals surface area contributed by atoms with Gasteiger partial charge in [-0.2, -0.15) is 0 Å². The third-order valence-electron chi connectivity index (χ3n) is 4.63. The molecule has 0 N–H and O–H groups in total. The molecule has 22 heavy (non-hydrogen) atoms. The van der Waals surface area contributed by atoms with E-state index in [9.17, 15) is 4.79 Å². The minimum Gasteiger partial charge on any atom is -0.337 e. The van der Waals surface area contributed by atoms with Gasteiger partial charge in [-0.15, -0.1) is 11.3 Å². The third kappa shape index (κ3) is 2.64.